The second-order valence-corrected chi connectivity index (χ2v) is 4.61. The molecule has 102 valence electrons. The number of carbonyl (C=O) groups excluding carboxylic acids is 1. The van der Waals surface area contributed by atoms with Crippen LogP contribution >= 0.6 is 0 Å². The second kappa shape index (κ2) is 6.56. The van der Waals surface area contributed by atoms with Crippen LogP contribution in [0.5, 0.6) is 0 Å². The standard InChI is InChI=1S/C15H16N4O/c1-11(2)13-5-3-12(4-6-13)9-18-19-15(20)14-10-16-7-8-17-14/h3-11H,1-2H3,(H,19,20)/b18-9-. The molecule has 0 saturated carbocycles. The first-order valence-electron chi connectivity index (χ1n) is 6.36. The van der Waals surface area contributed by atoms with Gasteiger partial charge >= 0.3 is 0 Å². The van der Waals surface area contributed by atoms with Crippen molar-refractivity contribution in [1.29, 1.82) is 0 Å². The van der Waals surface area contributed by atoms with E-state index in [-0.39, 0.29) is 11.6 Å². The summed E-state index contributed by atoms with van der Waals surface area (Å²) < 4.78 is 0. The van der Waals surface area contributed by atoms with Crippen LogP contribution in [-0.2, 0) is 0 Å². The van der Waals surface area contributed by atoms with Crippen LogP contribution in [0.4, 0.5) is 0 Å². The van der Waals surface area contributed by atoms with Crippen LogP contribution in [0.1, 0.15) is 41.4 Å². The van der Waals surface area contributed by atoms with Gasteiger partial charge in [0.05, 0.1) is 12.4 Å². The van der Waals surface area contributed by atoms with Gasteiger partial charge in [-0.2, -0.15) is 5.10 Å². The predicted molar refractivity (Wildman–Crippen MR) is 77.6 cm³/mol. The first-order valence-corrected chi connectivity index (χ1v) is 6.36. The maximum atomic E-state index is 11.7. The SMILES string of the molecule is CC(C)c1ccc(/C=N\NC(=O)c2cnccn2)cc1. The van der Waals surface area contributed by atoms with E-state index in [0.29, 0.717) is 5.92 Å². The molecule has 0 bridgehead atoms. The molecule has 0 fully saturated rings. The van der Waals surface area contributed by atoms with Crippen LogP contribution in [0.15, 0.2) is 48.0 Å². The fourth-order valence-electron chi connectivity index (χ4n) is 1.61. The molecule has 20 heavy (non-hydrogen) atoms. The maximum Gasteiger partial charge on any atom is 0.291 e. The van der Waals surface area contributed by atoms with E-state index in [0.717, 1.165) is 5.56 Å². The first kappa shape index (κ1) is 13.9. The highest BCUT2D eigenvalue weighted by atomic mass is 16.2. The van der Waals surface area contributed by atoms with E-state index in [4.69, 9.17) is 0 Å². The Labute approximate surface area is 117 Å². The zero-order chi connectivity index (χ0) is 14.4. The first-order chi connectivity index (χ1) is 9.66. The lowest BCUT2D eigenvalue weighted by Crippen LogP contribution is -2.19. The van der Waals surface area contributed by atoms with Gasteiger partial charge in [0.2, 0.25) is 0 Å². The van der Waals surface area contributed by atoms with Gasteiger partial charge in [0.1, 0.15) is 5.69 Å². The number of rotatable bonds is 4. The molecule has 1 aromatic carbocycles. The predicted octanol–water partition coefficient (Wildman–Crippen LogP) is 2.36. The summed E-state index contributed by atoms with van der Waals surface area (Å²) in [6.07, 6.45) is 5.96. The van der Waals surface area contributed by atoms with Gasteiger partial charge < -0.3 is 0 Å². The molecule has 0 saturated heterocycles. The van der Waals surface area contributed by atoms with Crippen LogP contribution in [0.3, 0.4) is 0 Å². The van der Waals surface area contributed by atoms with Gasteiger partial charge in [-0.15, -0.1) is 0 Å². The van der Waals surface area contributed by atoms with E-state index in [1.165, 1.54) is 24.2 Å². The molecular formula is C15H16N4O. The number of hydrazone groups is 1. The fraction of sp³-hybridized carbons (Fsp3) is 0.200. The molecule has 0 aliphatic carbocycles. The van der Waals surface area contributed by atoms with Crippen LogP contribution in [0, 0.1) is 0 Å². The largest absolute Gasteiger partial charge is 0.291 e. The van der Waals surface area contributed by atoms with Gasteiger partial charge in [-0.3, -0.25) is 9.78 Å². The number of aromatic nitrogens is 2. The third kappa shape index (κ3) is 3.71. The number of nitrogens with one attached hydrogen (secondary N) is 1. The Hall–Kier alpha value is -2.56. The summed E-state index contributed by atoms with van der Waals surface area (Å²) in [7, 11) is 0. The van der Waals surface area contributed by atoms with Crippen molar-refractivity contribution in [3.8, 4) is 0 Å². The van der Waals surface area contributed by atoms with E-state index in [1.807, 2.05) is 12.1 Å². The number of amides is 1. The van der Waals surface area contributed by atoms with Crippen LogP contribution in [-0.4, -0.2) is 22.1 Å². The molecule has 1 aromatic heterocycles. The van der Waals surface area contributed by atoms with E-state index in [9.17, 15) is 4.79 Å². The Kier molecular flexibility index (Phi) is 4.55. The van der Waals surface area contributed by atoms with E-state index in [2.05, 4.69) is 46.5 Å². The highest BCUT2D eigenvalue weighted by Gasteiger charge is 2.04. The van der Waals surface area contributed by atoms with E-state index < -0.39 is 0 Å². The molecule has 0 unspecified atom stereocenters. The van der Waals surface area contributed by atoms with Gasteiger partial charge in [-0.05, 0) is 17.0 Å². The van der Waals surface area contributed by atoms with Crippen LogP contribution in [0.2, 0.25) is 0 Å². The van der Waals surface area contributed by atoms with Gasteiger partial charge in [-0.1, -0.05) is 38.1 Å². The lowest BCUT2D eigenvalue weighted by atomic mass is 10.0. The highest BCUT2D eigenvalue weighted by Crippen LogP contribution is 2.13. The average Bonchev–Trinajstić information content (AvgIpc) is 2.48. The molecule has 0 aliphatic heterocycles. The van der Waals surface area contributed by atoms with Crippen molar-refractivity contribution in [3.63, 3.8) is 0 Å². The molecule has 1 heterocycles. The minimum atomic E-state index is -0.381. The Balaban J connectivity index is 1.95. The quantitative estimate of drug-likeness (QED) is 0.683. The monoisotopic (exact) mass is 268 g/mol. The number of hydrogen-bond acceptors (Lipinski definition) is 4. The Morgan fingerprint density at radius 3 is 2.60 bits per heavy atom. The Morgan fingerprint density at radius 1 is 1.25 bits per heavy atom. The summed E-state index contributed by atoms with van der Waals surface area (Å²) in [6, 6.07) is 8.04. The molecule has 2 rings (SSSR count). The fourth-order valence-corrected chi connectivity index (χ4v) is 1.61. The van der Waals surface area contributed by atoms with Gasteiger partial charge in [0.15, 0.2) is 0 Å². The van der Waals surface area contributed by atoms with Gasteiger partial charge in [0, 0.05) is 12.4 Å². The smallest absolute Gasteiger partial charge is 0.265 e. The van der Waals surface area contributed by atoms with Crippen LogP contribution in [0.25, 0.3) is 0 Å². The van der Waals surface area contributed by atoms with Crippen LogP contribution < -0.4 is 5.43 Å². The topological polar surface area (TPSA) is 67.2 Å². The van der Waals surface area contributed by atoms with Crippen molar-refractivity contribution in [3.05, 3.63) is 59.7 Å². The maximum absolute atomic E-state index is 11.7. The summed E-state index contributed by atoms with van der Waals surface area (Å²) in [5.74, 6) is 0.116. The minimum Gasteiger partial charge on any atom is -0.265 e. The van der Waals surface area contributed by atoms with Crippen molar-refractivity contribution in [2.75, 3.05) is 0 Å². The molecule has 2 aromatic rings. The average molecular weight is 268 g/mol. The third-order valence-electron chi connectivity index (χ3n) is 2.78. The third-order valence-corrected chi connectivity index (χ3v) is 2.78. The summed E-state index contributed by atoms with van der Waals surface area (Å²) in [5.41, 5.74) is 4.84. The van der Waals surface area contributed by atoms with Gasteiger partial charge in [0.25, 0.3) is 5.91 Å². The molecule has 5 heteroatoms. The van der Waals surface area contributed by atoms with Gasteiger partial charge in [-0.25, -0.2) is 10.4 Å². The molecule has 0 spiro atoms. The summed E-state index contributed by atoms with van der Waals surface area (Å²) in [6.45, 7) is 4.29. The minimum absolute atomic E-state index is 0.236. The zero-order valence-corrected chi connectivity index (χ0v) is 11.4. The summed E-state index contributed by atoms with van der Waals surface area (Å²) in [5, 5.41) is 3.90. The number of benzene rings is 1. The highest BCUT2D eigenvalue weighted by molar-refractivity contribution is 5.92. The van der Waals surface area contributed by atoms with Crippen molar-refractivity contribution in [2.45, 2.75) is 19.8 Å². The van der Waals surface area contributed by atoms with Crippen molar-refractivity contribution >= 4 is 12.1 Å². The zero-order valence-electron chi connectivity index (χ0n) is 11.4. The second-order valence-electron chi connectivity index (χ2n) is 4.61. The van der Waals surface area contributed by atoms with Crippen molar-refractivity contribution < 1.29 is 4.79 Å². The molecule has 1 amide bonds. The summed E-state index contributed by atoms with van der Waals surface area (Å²) >= 11 is 0. The molecule has 0 aliphatic rings. The van der Waals surface area contributed by atoms with E-state index >= 15 is 0 Å². The lowest BCUT2D eigenvalue weighted by Gasteiger charge is -2.04. The normalized spacial score (nSPS) is 10.9. The van der Waals surface area contributed by atoms with E-state index in [1.54, 1.807) is 6.21 Å². The molecular weight excluding hydrogens is 252 g/mol. The molecule has 5 nitrogen and oxygen atoms in total. The summed E-state index contributed by atoms with van der Waals surface area (Å²) in [4.78, 5) is 19.4. The molecule has 0 radical (unpaired) electrons. The van der Waals surface area contributed by atoms with Crippen molar-refractivity contribution in [2.24, 2.45) is 5.10 Å². The Morgan fingerprint density at radius 2 is 2.00 bits per heavy atom. The lowest BCUT2D eigenvalue weighted by molar-refractivity contribution is 0.0949. The number of nitrogens with zero attached hydrogens (tertiary/aromatic N) is 3. The Bertz CT molecular complexity index is 591. The number of hydrogen-bond donors (Lipinski definition) is 1. The van der Waals surface area contributed by atoms with Crippen molar-refractivity contribution in [1.82, 2.24) is 15.4 Å². The number of carbonyl (C=O) groups is 1. The molecule has 0 atom stereocenters. The molecule has 1 N–H and O–H groups in total.